The number of benzene rings is 1. The molecule has 0 saturated carbocycles. The van der Waals surface area contributed by atoms with Gasteiger partial charge < -0.3 is 14.7 Å². The number of anilines is 1. The van der Waals surface area contributed by atoms with E-state index < -0.39 is 0 Å². The van der Waals surface area contributed by atoms with E-state index in [1.807, 2.05) is 24.3 Å². The van der Waals surface area contributed by atoms with E-state index in [1.54, 1.807) is 6.26 Å². The second kappa shape index (κ2) is 3.92. The van der Waals surface area contributed by atoms with Gasteiger partial charge in [0.05, 0.1) is 5.56 Å². The molecule has 2 N–H and O–H groups in total. The number of rotatable bonds is 2. The summed E-state index contributed by atoms with van der Waals surface area (Å²) in [5.74, 6) is 0.619. The third kappa shape index (κ3) is 1.48. The first-order chi connectivity index (χ1) is 9.83. The molecule has 1 aromatic carbocycles. The van der Waals surface area contributed by atoms with Crippen molar-refractivity contribution in [1.82, 2.24) is 20.5 Å². The van der Waals surface area contributed by atoms with Crippen molar-refractivity contribution in [3.63, 3.8) is 0 Å². The summed E-state index contributed by atoms with van der Waals surface area (Å²) >= 11 is 0. The molecule has 0 saturated heterocycles. The van der Waals surface area contributed by atoms with Gasteiger partial charge in [-0.25, -0.2) is 4.63 Å². The Kier molecular flexibility index (Phi) is 2.10. The second-order valence-electron chi connectivity index (χ2n) is 4.07. The first-order valence-electron chi connectivity index (χ1n) is 5.71. The van der Waals surface area contributed by atoms with Crippen LogP contribution < -0.4 is 5.73 Å². The average molecular weight is 269 g/mol. The zero-order chi connectivity index (χ0) is 13.5. The van der Waals surface area contributed by atoms with Gasteiger partial charge in [0.15, 0.2) is 0 Å². The number of nitrogens with two attached hydrogens (primary N) is 1. The van der Waals surface area contributed by atoms with Gasteiger partial charge in [-0.15, -0.1) is 0 Å². The average Bonchev–Trinajstić information content (AvgIpc) is 3.15. The van der Waals surface area contributed by atoms with E-state index in [4.69, 9.17) is 14.7 Å². The highest BCUT2D eigenvalue weighted by Gasteiger charge is 2.19. The normalized spacial score (nSPS) is 11.2. The van der Waals surface area contributed by atoms with E-state index in [0.717, 1.165) is 16.5 Å². The summed E-state index contributed by atoms with van der Waals surface area (Å²) in [7, 11) is 0. The van der Waals surface area contributed by atoms with Gasteiger partial charge >= 0.3 is 0 Å². The van der Waals surface area contributed by atoms with Gasteiger partial charge in [0.1, 0.15) is 11.8 Å². The zero-order valence-corrected chi connectivity index (χ0v) is 9.98. The maximum absolute atomic E-state index is 5.58. The van der Waals surface area contributed by atoms with Crippen molar-refractivity contribution in [3.8, 4) is 23.0 Å². The summed E-state index contributed by atoms with van der Waals surface area (Å²) in [5.41, 5.74) is 7.27. The van der Waals surface area contributed by atoms with E-state index >= 15 is 0 Å². The standard InChI is InChI=1S/C12H7N5O3/c13-10-9(15-20-16-10)12-14-11(17-19-12)7-5-18-8-4-2-1-3-6(7)8/h1-5H,(H2,13,16). The van der Waals surface area contributed by atoms with Crippen LogP contribution in [0.1, 0.15) is 0 Å². The molecule has 0 unspecified atom stereocenters. The van der Waals surface area contributed by atoms with Gasteiger partial charge in [0, 0.05) is 5.39 Å². The Labute approximate surface area is 111 Å². The van der Waals surface area contributed by atoms with Gasteiger partial charge in [-0.3, -0.25) is 0 Å². The van der Waals surface area contributed by atoms with Crippen LogP contribution in [0.4, 0.5) is 5.82 Å². The lowest BCUT2D eigenvalue weighted by Crippen LogP contribution is -1.88. The van der Waals surface area contributed by atoms with Gasteiger partial charge in [0.2, 0.25) is 17.3 Å². The van der Waals surface area contributed by atoms with E-state index in [9.17, 15) is 0 Å². The van der Waals surface area contributed by atoms with Gasteiger partial charge in [0.25, 0.3) is 5.89 Å². The molecule has 4 aromatic rings. The fraction of sp³-hybridized carbons (Fsp3) is 0. The Bertz CT molecular complexity index is 891. The Balaban J connectivity index is 1.84. The smallest absolute Gasteiger partial charge is 0.284 e. The quantitative estimate of drug-likeness (QED) is 0.588. The molecule has 4 rings (SSSR count). The minimum Gasteiger partial charge on any atom is -0.464 e. The van der Waals surface area contributed by atoms with Crippen LogP contribution in [0, 0.1) is 0 Å². The molecule has 8 nitrogen and oxygen atoms in total. The molecule has 0 amide bonds. The molecule has 0 aliphatic rings. The summed E-state index contributed by atoms with van der Waals surface area (Å²) < 4.78 is 15.1. The maximum atomic E-state index is 5.58. The van der Waals surface area contributed by atoms with Crippen molar-refractivity contribution in [1.29, 1.82) is 0 Å². The molecule has 0 radical (unpaired) electrons. The molecule has 0 atom stereocenters. The van der Waals surface area contributed by atoms with E-state index in [0.29, 0.717) is 5.82 Å². The largest absolute Gasteiger partial charge is 0.464 e. The number of nitrogen functional groups attached to an aromatic ring is 1. The number of para-hydroxylation sites is 1. The minimum atomic E-state index is 0.0947. The van der Waals surface area contributed by atoms with E-state index in [2.05, 4.69) is 25.1 Å². The summed E-state index contributed by atoms with van der Waals surface area (Å²) in [6.07, 6.45) is 1.57. The number of hydrogen-bond acceptors (Lipinski definition) is 8. The second-order valence-corrected chi connectivity index (χ2v) is 4.07. The summed E-state index contributed by atoms with van der Waals surface area (Å²) in [6, 6.07) is 7.57. The monoisotopic (exact) mass is 269 g/mol. The predicted octanol–water partition coefficient (Wildman–Crippen LogP) is 2.11. The van der Waals surface area contributed by atoms with Crippen LogP contribution in [0.2, 0.25) is 0 Å². The first-order valence-corrected chi connectivity index (χ1v) is 5.71. The lowest BCUT2D eigenvalue weighted by Gasteiger charge is -1.88. The third-order valence-corrected chi connectivity index (χ3v) is 2.86. The fourth-order valence-electron chi connectivity index (χ4n) is 1.92. The van der Waals surface area contributed by atoms with E-state index in [1.165, 1.54) is 0 Å². The highest BCUT2D eigenvalue weighted by Crippen LogP contribution is 2.30. The van der Waals surface area contributed by atoms with Crippen LogP contribution in [-0.4, -0.2) is 20.5 Å². The van der Waals surface area contributed by atoms with Crippen LogP contribution in [0.3, 0.4) is 0 Å². The Morgan fingerprint density at radius 3 is 2.80 bits per heavy atom. The van der Waals surface area contributed by atoms with Crippen LogP contribution >= 0.6 is 0 Å². The van der Waals surface area contributed by atoms with E-state index in [-0.39, 0.29) is 17.4 Å². The van der Waals surface area contributed by atoms with Crippen molar-refractivity contribution >= 4 is 16.8 Å². The molecular formula is C12H7N5O3. The SMILES string of the molecule is Nc1nonc1-c1nc(-c2coc3ccccc23)no1. The van der Waals surface area contributed by atoms with Crippen LogP contribution in [-0.2, 0) is 0 Å². The number of furan rings is 1. The van der Waals surface area contributed by atoms with Crippen LogP contribution in [0.25, 0.3) is 33.9 Å². The molecule has 0 aliphatic heterocycles. The first kappa shape index (κ1) is 10.7. The highest BCUT2D eigenvalue weighted by molar-refractivity contribution is 5.92. The Hall–Kier alpha value is -3.16. The molecule has 8 heteroatoms. The summed E-state index contributed by atoms with van der Waals surface area (Å²) in [6.45, 7) is 0. The minimum absolute atomic E-state index is 0.0947. The van der Waals surface area contributed by atoms with Gasteiger partial charge in [-0.05, 0) is 16.4 Å². The highest BCUT2D eigenvalue weighted by atomic mass is 16.6. The van der Waals surface area contributed by atoms with Crippen LogP contribution in [0.5, 0.6) is 0 Å². The molecule has 98 valence electrons. The molecular weight excluding hydrogens is 262 g/mol. The van der Waals surface area contributed by atoms with Crippen molar-refractivity contribution in [2.24, 2.45) is 0 Å². The maximum Gasteiger partial charge on any atom is 0.284 e. The number of aromatic nitrogens is 4. The number of fused-ring (bicyclic) bond motifs is 1. The van der Waals surface area contributed by atoms with Gasteiger partial charge in [-0.2, -0.15) is 4.98 Å². The molecule has 20 heavy (non-hydrogen) atoms. The molecule has 0 aliphatic carbocycles. The summed E-state index contributed by atoms with van der Waals surface area (Å²) in [4.78, 5) is 4.23. The lowest BCUT2D eigenvalue weighted by molar-refractivity contribution is 0.308. The lowest BCUT2D eigenvalue weighted by atomic mass is 10.2. The summed E-state index contributed by atoms with van der Waals surface area (Å²) in [5, 5.41) is 11.9. The zero-order valence-electron chi connectivity index (χ0n) is 9.98. The fourth-order valence-corrected chi connectivity index (χ4v) is 1.92. The molecule has 3 aromatic heterocycles. The van der Waals surface area contributed by atoms with Gasteiger partial charge in [-0.1, -0.05) is 23.4 Å². The number of nitrogens with zero attached hydrogens (tertiary/aromatic N) is 4. The topological polar surface area (TPSA) is 117 Å². The van der Waals surface area contributed by atoms with Crippen molar-refractivity contribution < 1.29 is 13.6 Å². The van der Waals surface area contributed by atoms with Crippen LogP contribution in [0.15, 0.2) is 44.1 Å². The van der Waals surface area contributed by atoms with Crippen molar-refractivity contribution in [2.75, 3.05) is 5.73 Å². The Morgan fingerprint density at radius 2 is 1.95 bits per heavy atom. The van der Waals surface area contributed by atoms with Crippen molar-refractivity contribution in [2.45, 2.75) is 0 Å². The molecule has 3 heterocycles. The molecule has 0 fully saturated rings. The molecule has 0 spiro atoms. The number of hydrogen-bond donors (Lipinski definition) is 1. The Morgan fingerprint density at radius 1 is 1.05 bits per heavy atom. The third-order valence-electron chi connectivity index (χ3n) is 2.86. The van der Waals surface area contributed by atoms with Crippen molar-refractivity contribution in [3.05, 3.63) is 30.5 Å². The molecule has 0 bridgehead atoms. The predicted molar refractivity (Wildman–Crippen MR) is 67.2 cm³/mol.